The molecule has 0 unspecified atom stereocenters. The zero-order valence-corrected chi connectivity index (χ0v) is 10.8. The van der Waals surface area contributed by atoms with E-state index in [-0.39, 0.29) is 6.61 Å². The Morgan fingerprint density at radius 1 is 1.28 bits per heavy atom. The second-order valence-electron chi connectivity index (χ2n) is 3.68. The Kier molecular flexibility index (Phi) is 6.00. The number of carbonyl (C=O) groups is 1. The number of rotatable bonds is 7. The standard InChI is InChI=1S/C13H19NO4/c1-3-7-17-8-9-18-13(15)10-5-4-6-11(14)12(10)16-2/h4-6H,3,7-9,14H2,1-2H3. The predicted octanol–water partition coefficient (Wildman–Crippen LogP) is 1.86. The number of ether oxygens (including phenoxy) is 3. The van der Waals surface area contributed by atoms with Gasteiger partial charge in [-0.25, -0.2) is 4.79 Å². The summed E-state index contributed by atoms with van der Waals surface area (Å²) in [6, 6.07) is 4.96. The lowest BCUT2D eigenvalue weighted by atomic mass is 10.2. The largest absolute Gasteiger partial charge is 0.494 e. The Labute approximate surface area is 107 Å². The quantitative estimate of drug-likeness (QED) is 0.456. The van der Waals surface area contributed by atoms with Crippen LogP contribution in [0.25, 0.3) is 0 Å². The third-order valence-corrected chi connectivity index (χ3v) is 2.28. The van der Waals surface area contributed by atoms with Crippen molar-refractivity contribution >= 4 is 11.7 Å². The first-order valence-corrected chi connectivity index (χ1v) is 5.88. The van der Waals surface area contributed by atoms with Gasteiger partial charge in [-0.2, -0.15) is 0 Å². The van der Waals surface area contributed by atoms with Gasteiger partial charge in [0.25, 0.3) is 0 Å². The van der Waals surface area contributed by atoms with Crippen LogP contribution in [-0.2, 0) is 9.47 Å². The summed E-state index contributed by atoms with van der Waals surface area (Å²) in [6.07, 6.45) is 0.941. The summed E-state index contributed by atoms with van der Waals surface area (Å²) in [7, 11) is 1.47. The minimum Gasteiger partial charge on any atom is -0.494 e. The van der Waals surface area contributed by atoms with Crippen LogP contribution >= 0.6 is 0 Å². The Morgan fingerprint density at radius 3 is 2.72 bits per heavy atom. The minimum absolute atomic E-state index is 0.219. The normalized spacial score (nSPS) is 10.1. The van der Waals surface area contributed by atoms with Crippen molar-refractivity contribution in [1.82, 2.24) is 0 Å². The van der Waals surface area contributed by atoms with Crippen molar-refractivity contribution in [2.45, 2.75) is 13.3 Å². The molecule has 0 heterocycles. The highest BCUT2D eigenvalue weighted by Gasteiger charge is 2.15. The third-order valence-electron chi connectivity index (χ3n) is 2.28. The SMILES string of the molecule is CCCOCCOC(=O)c1cccc(N)c1OC. The molecule has 100 valence electrons. The van der Waals surface area contributed by atoms with Gasteiger partial charge in [0, 0.05) is 6.61 Å². The lowest BCUT2D eigenvalue weighted by Gasteiger charge is -2.10. The van der Waals surface area contributed by atoms with Crippen LogP contribution in [0, 0.1) is 0 Å². The molecule has 0 aromatic heterocycles. The Bertz CT molecular complexity index is 393. The fourth-order valence-corrected chi connectivity index (χ4v) is 1.46. The van der Waals surface area contributed by atoms with E-state index in [0.717, 1.165) is 6.42 Å². The van der Waals surface area contributed by atoms with Gasteiger partial charge in [-0.3, -0.25) is 0 Å². The summed E-state index contributed by atoms with van der Waals surface area (Å²) in [5, 5.41) is 0. The molecule has 5 heteroatoms. The molecule has 1 aromatic carbocycles. The van der Waals surface area contributed by atoms with Crippen molar-refractivity contribution in [3.8, 4) is 5.75 Å². The summed E-state index contributed by atoms with van der Waals surface area (Å²) < 4.78 is 15.4. The molecule has 1 aromatic rings. The molecule has 0 aliphatic carbocycles. The molecule has 0 saturated heterocycles. The molecule has 0 aliphatic heterocycles. The van der Waals surface area contributed by atoms with Gasteiger partial charge in [0.05, 0.1) is 19.4 Å². The van der Waals surface area contributed by atoms with Crippen molar-refractivity contribution in [3.63, 3.8) is 0 Å². The molecule has 0 aliphatic rings. The highest BCUT2D eigenvalue weighted by Crippen LogP contribution is 2.26. The van der Waals surface area contributed by atoms with E-state index < -0.39 is 5.97 Å². The average molecular weight is 253 g/mol. The van der Waals surface area contributed by atoms with Gasteiger partial charge < -0.3 is 19.9 Å². The number of esters is 1. The van der Waals surface area contributed by atoms with E-state index >= 15 is 0 Å². The van der Waals surface area contributed by atoms with Crippen LogP contribution in [0.5, 0.6) is 5.75 Å². The first-order valence-electron chi connectivity index (χ1n) is 5.88. The third kappa shape index (κ3) is 3.92. The molecule has 2 N–H and O–H groups in total. The number of hydrogen-bond acceptors (Lipinski definition) is 5. The predicted molar refractivity (Wildman–Crippen MR) is 68.8 cm³/mol. The fourth-order valence-electron chi connectivity index (χ4n) is 1.46. The van der Waals surface area contributed by atoms with E-state index in [2.05, 4.69) is 0 Å². The highest BCUT2D eigenvalue weighted by atomic mass is 16.6. The molecule has 1 rings (SSSR count). The van der Waals surface area contributed by atoms with Gasteiger partial charge in [-0.05, 0) is 18.6 Å². The molecule has 18 heavy (non-hydrogen) atoms. The molecule has 0 saturated carbocycles. The number of methoxy groups -OCH3 is 1. The van der Waals surface area contributed by atoms with Crippen LogP contribution in [-0.4, -0.2) is 32.9 Å². The number of anilines is 1. The minimum atomic E-state index is -0.459. The molecule has 0 spiro atoms. The topological polar surface area (TPSA) is 70.8 Å². The van der Waals surface area contributed by atoms with Gasteiger partial charge in [-0.1, -0.05) is 13.0 Å². The molecule has 0 atom stereocenters. The maximum absolute atomic E-state index is 11.8. The fraction of sp³-hybridized carbons (Fsp3) is 0.462. The van der Waals surface area contributed by atoms with Gasteiger partial charge in [0.1, 0.15) is 12.2 Å². The van der Waals surface area contributed by atoms with E-state index in [4.69, 9.17) is 19.9 Å². The smallest absolute Gasteiger partial charge is 0.342 e. The van der Waals surface area contributed by atoms with Crippen molar-refractivity contribution in [3.05, 3.63) is 23.8 Å². The van der Waals surface area contributed by atoms with E-state index in [0.29, 0.717) is 30.2 Å². The number of carbonyl (C=O) groups excluding carboxylic acids is 1. The Hall–Kier alpha value is -1.75. The molecule has 0 fully saturated rings. The van der Waals surface area contributed by atoms with Gasteiger partial charge >= 0.3 is 5.97 Å². The number of nitrogen functional groups attached to an aromatic ring is 1. The maximum Gasteiger partial charge on any atom is 0.342 e. The zero-order chi connectivity index (χ0) is 13.4. The zero-order valence-electron chi connectivity index (χ0n) is 10.8. The first-order chi connectivity index (χ1) is 8.70. The number of hydrogen-bond donors (Lipinski definition) is 1. The molecule has 5 nitrogen and oxygen atoms in total. The molecular weight excluding hydrogens is 234 g/mol. The van der Waals surface area contributed by atoms with Gasteiger partial charge in [-0.15, -0.1) is 0 Å². The summed E-state index contributed by atoms with van der Waals surface area (Å²) >= 11 is 0. The number of para-hydroxylation sites is 1. The first kappa shape index (κ1) is 14.3. The monoisotopic (exact) mass is 253 g/mol. The molecule has 0 bridgehead atoms. The Balaban J connectivity index is 2.54. The maximum atomic E-state index is 11.8. The summed E-state index contributed by atoms with van der Waals surface area (Å²) in [4.78, 5) is 11.8. The molecule has 0 radical (unpaired) electrons. The van der Waals surface area contributed by atoms with E-state index in [1.54, 1.807) is 18.2 Å². The van der Waals surface area contributed by atoms with E-state index in [1.807, 2.05) is 6.92 Å². The lowest BCUT2D eigenvalue weighted by molar-refractivity contribution is 0.0316. The van der Waals surface area contributed by atoms with Crippen molar-refractivity contribution in [1.29, 1.82) is 0 Å². The molecular formula is C13H19NO4. The van der Waals surface area contributed by atoms with Crippen LogP contribution in [0.3, 0.4) is 0 Å². The summed E-state index contributed by atoms with van der Waals surface area (Å²) in [5.41, 5.74) is 6.44. The lowest BCUT2D eigenvalue weighted by Crippen LogP contribution is -2.12. The van der Waals surface area contributed by atoms with Crippen LogP contribution < -0.4 is 10.5 Å². The second-order valence-corrected chi connectivity index (χ2v) is 3.68. The summed E-state index contributed by atoms with van der Waals surface area (Å²) in [5.74, 6) is -0.115. The van der Waals surface area contributed by atoms with Crippen molar-refractivity contribution in [2.24, 2.45) is 0 Å². The van der Waals surface area contributed by atoms with Crippen molar-refractivity contribution < 1.29 is 19.0 Å². The highest BCUT2D eigenvalue weighted by molar-refractivity contribution is 5.94. The number of benzene rings is 1. The summed E-state index contributed by atoms with van der Waals surface area (Å²) in [6.45, 7) is 3.30. The Morgan fingerprint density at radius 2 is 2.06 bits per heavy atom. The second kappa shape index (κ2) is 7.55. The average Bonchev–Trinajstić information content (AvgIpc) is 2.38. The van der Waals surface area contributed by atoms with Crippen molar-refractivity contribution in [2.75, 3.05) is 32.7 Å². The van der Waals surface area contributed by atoms with Crippen LogP contribution in [0.15, 0.2) is 18.2 Å². The van der Waals surface area contributed by atoms with E-state index in [9.17, 15) is 4.79 Å². The van der Waals surface area contributed by atoms with Crippen LogP contribution in [0.1, 0.15) is 23.7 Å². The van der Waals surface area contributed by atoms with Crippen LogP contribution in [0.2, 0.25) is 0 Å². The van der Waals surface area contributed by atoms with E-state index in [1.165, 1.54) is 7.11 Å². The van der Waals surface area contributed by atoms with Crippen LogP contribution in [0.4, 0.5) is 5.69 Å². The molecule has 0 amide bonds. The van der Waals surface area contributed by atoms with Gasteiger partial charge in [0.2, 0.25) is 0 Å². The van der Waals surface area contributed by atoms with Gasteiger partial charge in [0.15, 0.2) is 5.75 Å². The number of nitrogens with two attached hydrogens (primary N) is 1.